The Bertz CT molecular complexity index is 932. The second-order valence-electron chi connectivity index (χ2n) is 5.98. The lowest BCUT2D eigenvalue weighted by Gasteiger charge is -2.21. The summed E-state index contributed by atoms with van der Waals surface area (Å²) in [7, 11) is 1.64. The van der Waals surface area contributed by atoms with Crippen LogP contribution in [0.2, 0.25) is 0 Å². The summed E-state index contributed by atoms with van der Waals surface area (Å²) in [5.41, 5.74) is 1.85. The molecule has 3 aromatic rings. The predicted molar refractivity (Wildman–Crippen MR) is 97.0 cm³/mol. The van der Waals surface area contributed by atoms with Gasteiger partial charge in [0.2, 0.25) is 0 Å². The number of phenols is 1. The van der Waals surface area contributed by atoms with Crippen molar-refractivity contribution in [3.8, 4) is 5.75 Å². The van der Waals surface area contributed by atoms with Crippen LogP contribution in [-0.2, 0) is 20.7 Å². The highest BCUT2D eigenvalue weighted by Gasteiger charge is 2.23. The third kappa shape index (κ3) is 3.69. The number of fused-ring (bicyclic) bond motifs is 1. The van der Waals surface area contributed by atoms with Crippen molar-refractivity contribution in [2.75, 3.05) is 11.9 Å². The highest BCUT2D eigenvalue weighted by Crippen LogP contribution is 2.25. The van der Waals surface area contributed by atoms with Crippen LogP contribution in [0.4, 0.5) is 5.69 Å². The van der Waals surface area contributed by atoms with Gasteiger partial charge in [0.25, 0.3) is 5.91 Å². The Morgan fingerprint density at radius 3 is 2.65 bits per heavy atom. The lowest BCUT2D eigenvalue weighted by molar-refractivity contribution is -0.153. The second-order valence-corrected chi connectivity index (χ2v) is 5.98. The second kappa shape index (κ2) is 7.31. The number of anilines is 1. The molecular weight excluding hydrogens is 334 g/mol. The predicted octanol–water partition coefficient (Wildman–Crippen LogP) is 3.28. The van der Waals surface area contributed by atoms with E-state index in [0.29, 0.717) is 11.1 Å². The summed E-state index contributed by atoms with van der Waals surface area (Å²) >= 11 is 0. The number of ether oxygens (including phenoxy) is 1. The van der Waals surface area contributed by atoms with Gasteiger partial charge in [0.05, 0.1) is 12.7 Å². The van der Waals surface area contributed by atoms with Gasteiger partial charge in [0.1, 0.15) is 11.3 Å². The minimum atomic E-state index is -0.907. The number of esters is 1. The molecule has 2 aromatic carbocycles. The zero-order chi connectivity index (χ0) is 18.7. The summed E-state index contributed by atoms with van der Waals surface area (Å²) in [6.07, 6.45) is 0.521. The molecule has 0 aliphatic rings. The molecule has 6 heteroatoms. The normalized spacial score (nSPS) is 11.9. The van der Waals surface area contributed by atoms with E-state index in [1.54, 1.807) is 32.2 Å². The molecule has 1 heterocycles. The molecule has 26 heavy (non-hydrogen) atoms. The maximum atomic E-state index is 12.4. The van der Waals surface area contributed by atoms with Gasteiger partial charge >= 0.3 is 5.97 Å². The average molecular weight is 353 g/mol. The number of likely N-dealkylation sites (N-methyl/N-ethyl adjacent to an activating group) is 1. The smallest absolute Gasteiger partial charge is 0.311 e. The third-order valence-corrected chi connectivity index (χ3v) is 4.10. The molecule has 0 aliphatic carbocycles. The van der Waals surface area contributed by atoms with E-state index in [9.17, 15) is 14.7 Å². The minimum Gasteiger partial charge on any atom is -0.508 e. The lowest BCUT2D eigenvalue weighted by Crippen LogP contribution is -2.37. The fourth-order valence-corrected chi connectivity index (χ4v) is 2.71. The van der Waals surface area contributed by atoms with Crippen LogP contribution >= 0.6 is 0 Å². The monoisotopic (exact) mass is 353 g/mol. The standard InChI is InChI=1S/C20H19NO5/c1-13(20(24)21(2)15-6-4-3-5-7-15)26-19(23)10-14-12-25-18-11-16(22)8-9-17(14)18/h3-9,11-13,22H,10H2,1-2H3/t13-/m1/s1. The minimum absolute atomic E-state index is 0.0234. The van der Waals surface area contributed by atoms with E-state index >= 15 is 0 Å². The third-order valence-electron chi connectivity index (χ3n) is 4.10. The zero-order valence-electron chi connectivity index (χ0n) is 14.5. The van der Waals surface area contributed by atoms with Crippen molar-refractivity contribution in [2.24, 2.45) is 0 Å². The number of carbonyl (C=O) groups is 2. The van der Waals surface area contributed by atoms with Gasteiger partial charge in [-0.3, -0.25) is 9.59 Å². The summed E-state index contributed by atoms with van der Waals surface area (Å²) in [5, 5.41) is 10.2. The van der Waals surface area contributed by atoms with Gasteiger partial charge < -0.3 is 19.2 Å². The first-order valence-corrected chi connectivity index (χ1v) is 8.17. The number of phenolic OH excluding ortho intramolecular Hbond substituents is 1. The van der Waals surface area contributed by atoms with E-state index < -0.39 is 12.1 Å². The molecule has 0 saturated heterocycles. The van der Waals surface area contributed by atoms with Crippen molar-refractivity contribution >= 4 is 28.5 Å². The molecular formula is C20H19NO5. The molecule has 134 valence electrons. The first kappa shape index (κ1) is 17.5. The van der Waals surface area contributed by atoms with Crippen LogP contribution in [0, 0.1) is 0 Å². The van der Waals surface area contributed by atoms with E-state index in [-0.39, 0.29) is 18.1 Å². The van der Waals surface area contributed by atoms with Crippen LogP contribution in [0.5, 0.6) is 5.75 Å². The van der Waals surface area contributed by atoms with Gasteiger partial charge in [0.15, 0.2) is 6.10 Å². The maximum Gasteiger partial charge on any atom is 0.311 e. The van der Waals surface area contributed by atoms with Crippen molar-refractivity contribution in [2.45, 2.75) is 19.4 Å². The van der Waals surface area contributed by atoms with E-state index in [2.05, 4.69) is 0 Å². The molecule has 0 unspecified atom stereocenters. The highest BCUT2D eigenvalue weighted by molar-refractivity contribution is 5.97. The molecule has 0 fully saturated rings. The number of furan rings is 1. The summed E-state index contributed by atoms with van der Waals surface area (Å²) in [4.78, 5) is 26.1. The van der Waals surface area contributed by atoms with E-state index in [0.717, 1.165) is 11.1 Å². The summed E-state index contributed by atoms with van der Waals surface area (Å²) in [6.45, 7) is 1.55. The first-order valence-electron chi connectivity index (χ1n) is 8.17. The number of nitrogens with zero attached hydrogens (tertiary/aromatic N) is 1. The number of hydrogen-bond donors (Lipinski definition) is 1. The van der Waals surface area contributed by atoms with Crippen LogP contribution in [-0.4, -0.2) is 30.1 Å². The largest absolute Gasteiger partial charge is 0.508 e. The summed E-state index contributed by atoms with van der Waals surface area (Å²) in [6, 6.07) is 13.8. The summed E-state index contributed by atoms with van der Waals surface area (Å²) < 4.78 is 10.6. The Balaban J connectivity index is 1.64. The molecule has 1 atom stereocenters. The number of hydrogen-bond acceptors (Lipinski definition) is 5. The van der Waals surface area contributed by atoms with Gasteiger partial charge in [-0.15, -0.1) is 0 Å². The van der Waals surface area contributed by atoms with E-state index in [1.807, 2.05) is 18.2 Å². The number of aromatic hydroxyl groups is 1. The molecule has 0 spiro atoms. The topological polar surface area (TPSA) is 80.0 Å². The molecule has 1 amide bonds. The molecule has 1 N–H and O–H groups in total. The van der Waals surface area contributed by atoms with Crippen molar-refractivity contribution in [3.05, 3.63) is 60.4 Å². The van der Waals surface area contributed by atoms with Crippen LogP contribution in [0.15, 0.2) is 59.2 Å². The first-order chi connectivity index (χ1) is 12.5. The number of rotatable bonds is 5. The van der Waals surface area contributed by atoms with E-state index in [4.69, 9.17) is 9.15 Å². The highest BCUT2D eigenvalue weighted by atomic mass is 16.5. The molecule has 0 saturated carbocycles. The maximum absolute atomic E-state index is 12.4. The van der Waals surface area contributed by atoms with Crippen LogP contribution in [0.25, 0.3) is 11.0 Å². The Morgan fingerprint density at radius 2 is 1.92 bits per heavy atom. The number of benzene rings is 2. The number of amides is 1. The van der Waals surface area contributed by atoms with Crippen LogP contribution in [0.3, 0.4) is 0 Å². The fourth-order valence-electron chi connectivity index (χ4n) is 2.71. The fraction of sp³-hybridized carbons (Fsp3) is 0.200. The van der Waals surface area contributed by atoms with Gasteiger partial charge in [-0.05, 0) is 31.2 Å². The van der Waals surface area contributed by atoms with Crippen molar-refractivity contribution in [1.29, 1.82) is 0 Å². The van der Waals surface area contributed by atoms with Gasteiger partial charge in [-0.1, -0.05) is 18.2 Å². The van der Waals surface area contributed by atoms with Gasteiger partial charge in [-0.2, -0.15) is 0 Å². The molecule has 0 radical (unpaired) electrons. The van der Waals surface area contributed by atoms with Crippen LogP contribution < -0.4 is 4.90 Å². The van der Waals surface area contributed by atoms with Gasteiger partial charge in [-0.25, -0.2) is 0 Å². The lowest BCUT2D eigenvalue weighted by atomic mass is 10.1. The zero-order valence-corrected chi connectivity index (χ0v) is 14.5. The SMILES string of the molecule is C[C@@H](OC(=O)Cc1coc2cc(O)ccc12)C(=O)N(C)c1ccccc1. The van der Waals surface area contributed by atoms with Crippen molar-refractivity contribution < 1.29 is 23.8 Å². The summed E-state index contributed by atoms with van der Waals surface area (Å²) in [5.74, 6) is -0.751. The molecule has 1 aromatic heterocycles. The van der Waals surface area contributed by atoms with Gasteiger partial charge in [0, 0.05) is 29.8 Å². The number of para-hydroxylation sites is 1. The van der Waals surface area contributed by atoms with E-state index in [1.165, 1.54) is 23.3 Å². The Kier molecular flexibility index (Phi) is 4.93. The molecule has 3 rings (SSSR count). The Labute approximate surface area is 150 Å². The van der Waals surface area contributed by atoms with Crippen molar-refractivity contribution in [1.82, 2.24) is 0 Å². The van der Waals surface area contributed by atoms with Crippen LogP contribution in [0.1, 0.15) is 12.5 Å². The Hall–Kier alpha value is -3.28. The molecule has 6 nitrogen and oxygen atoms in total. The van der Waals surface area contributed by atoms with Crippen molar-refractivity contribution in [3.63, 3.8) is 0 Å². The average Bonchev–Trinajstić information content (AvgIpc) is 3.02. The quantitative estimate of drug-likeness (QED) is 0.712. The Morgan fingerprint density at radius 1 is 1.19 bits per heavy atom. The molecule has 0 aliphatic heterocycles. The molecule has 0 bridgehead atoms. The number of carbonyl (C=O) groups excluding carboxylic acids is 2.